The number of hydrogen-bond acceptors (Lipinski definition) is 10. The number of H-pyrrole nitrogens is 2. The first-order valence-corrected chi connectivity index (χ1v) is 17.5. The maximum absolute atomic E-state index is 12.8. The molecule has 8 rings (SSSR count). The predicted octanol–water partition coefficient (Wildman–Crippen LogP) is 5.40. The summed E-state index contributed by atoms with van der Waals surface area (Å²) in [5.41, 5.74) is 13.6. The molecule has 14 nitrogen and oxygen atoms in total. The van der Waals surface area contributed by atoms with Gasteiger partial charge in [0.1, 0.15) is 12.5 Å². The van der Waals surface area contributed by atoms with Crippen LogP contribution in [0.5, 0.6) is 5.75 Å². The van der Waals surface area contributed by atoms with Crippen molar-refractivity contribution < 1.29 is 4.74 Å². The van der Waals surface area contributed by atoms with E-state index in [2.05, 4.69) is 42.0 Å². The number of benzene rings is 4. The molecule has 5 N–H and O–H groups in total. The van der Waals surface area contributed by atoms with Crippen LogP contribution in [0.15, 0.2) is 101 Å². The van der Waals surface area contributed by atoms with Gasteiger partial charge in [0.05, 0.1) is 57.6 Å². The molecular formula is C40H32ClN11O3. The molecule has 0 aliphatic carbocycles. The Bertz CT molecular complexity index is 2920. The zero-order valence-corrected chi connectivity index (χ0v) is 30.3. The fourth-order valence-electron chi connectivity index (χ4n) is 6.85. The van der Waals surface area contributed by atoms with Gasteiger partial charge in [-0.2, -0.15) is 25.7 Å². The zero-order valence-electron chi connectivity index (χ0n) is 29.6. The molecule has 272 valence electrons. The molecule has 0 radical (unpaired) electrons. The van der Waals surface area contributed by atoms with Gasteiger partial charge in [0.2, 0.25) is 0 Å². The van der Waals surface area contributed by atoms with E-state index in [0.29, 0.717) is 61.4 Å². The Balaban J connectivity index is 0.995. The highest BCUT2D eigenvalue weighted by Gasteiger charge is 2.19. The third-order valence-corrected chi connectivity index (χ3v) is 9.78. The highest BCUT2D eigenvalue weighted by Crippen LogP contribution is 2.36. The number of aromatic amines is 2. The van der Waals surface area contributed by atoms with E-state index in [4.69, 9.17) is 22.1 Å². The van der Waals surface area contributed by atoms with Crippen LogP contribution >= 0.6 is 11.6 Å². The molecule has 0 aliphatic rings. The van der Waals surface area contributed by atoms with Gasteiger partial charge in [-0.05, 0) is 77.9 Å². The standard InChI is InChI=1S/C40H32ClN11O3/c1-51-37(33(18-45-51)23-5-10-29-31(14-23)35(17-43)47-49-39(29)53)22-3-8-27(9-4-22)55-21-44-20-36-32-15-24(6-11-30(32)40(54)50-48-36)34-19-46-52(2)38(34)28-12-7-26(41)13-25(28)16-42/h3-15,18-19,44H,17,20-21,43H2,1-2H3,(H,49,53)(H,50,54). The number of nitrogens with zero attached hydrogens (tertiary/aromatic N) is 7. The second-order valence-corrected chi connectivity index (χ2v) is 13.3. The van der Waals surface area contributed by atoms with Crippen LogP contribution in [0, 0.1) is 11.3 Å². The highest BCUT2D eigenvalue weighted by molar-refractivity contribution is 6.30. The lowest BCUT2D eigenvalue weighted by Gasteiger charge is -2.12. The van der Waals surface area contributed by atoms with E-state index in [1.165, 1.54) is 0 Å². The minimum atomic E-state index is -0.303. The summed E-state index contributed by atoms with van der Waals surface area (Å²) in [6.45, 7) is 0.671. The topological polar surface area (TPSA) is 198 Å². The third kappa shape index (κ3) is 6.53. The maximum Gasteiger partial charge on any atom is 0.272 e. The molecule has 4 aromatic carbocycles. The van der Waals surface area contributed by atoms with Gasteiger partial charge < -0.3 is 10.5 Å². The van der Waals surface area contributed by atoms with E-state index in [1.807, 2.05) is 62.6 Å². The first kappa shape index (κ1) is 35.1. The summed E-state index contributed by atoms with van der Waals surface area (Å²) in [5, 5.41) is 38.5. The molecule has 0 saturated heterocycles. The Hall–Kier alpha value is -6.92. The molecule has 55 heavy (non-hydrogen) atoms. The largest absolute Gasteiger partial charge is 0.478 e. The van der Waals surface area contributed by atoms with E-state index in [-0.39, 0.29) is 24.4 Å². The number of nitrogens with one attached hydrogen (secondary N) is 3. The van der Waals surface area contributed by atoms with Crippen LogP contribution in [0.4, 0.5) is 0 Å². The number of halogens is 1. The predicted molar refractivity (Wildman–Crippen MR) is 210 cm³/mol. The van der Waals surface area contributed by atoms with Crippen LogP contribution in [0.3, 0.4) is 0 Å². The number of aromatic nitrogens is 8. The molecule has 0 fully saturated rings. The van der Waals surface area contributed by atoms with Gasteiger partial charge >= 0.3 is 0 Å². The van der Waals surface area contributed by atoms with Crippen molar-refractivity contribution in [2.24, 2.45) is 19.8 Å². The highest BCUT2D eigenvalue weighted by atomic mass is 35.5. The van der Waals surface area contributed by atoms with Crippen LogP contribution in [0.25, 0.3) is 66.3 Å². The van der Waals surface area contributed by atoms with Crippen LogP contribution in [-0.4, -0.2) is 46.7 Å². The lowest BCUT2D eigenvalue weighted by atomic mass is 9.96. The average Bonchev–Trinajstić information content (AvgIpc) is 3.79. The van der Waals surface area contributed by atoms with Crippen molar-refractivity contribution in [2.45, 2.75) is 13.1 Å². The van der Waals surface area contributed by atoms with Gasteiger partial charge in [0.15, 0.2) is 0 Å². The third-order valence-electron chi connectivity index (χ3n) is 9.55. The Morgan fingerprint density at radius 3 is 1.96 bits per heavy atom. The lowest BCUT2D eigenvalue weighted by Crippen LogP contribution is -2.22. The van der Waals surface area contributed by atoms with Gasteiger partial charge in [0.25, 0.3) is 11.1 Å². The minimum Gasteiger partial charge on any atom is -0.478 e. The summed E-state index contributed by atoms with van der Waals surface area (Å²) in [5.74, 6) is 0.646. The number of fused-ring (bicyclic) bond motifs is 2. The van der Waals surface area contributed by atoms with Gasteiger partial charge in [-0.3, -0.25) is 24.3 Å². The number of ether oxygens (including phenoxy) is 1. The van der Waals surface area contributed by atoms with Crippen molar-refractivity contribution in [3.63, 3.8) is 0 Å². The Labute approximate surface area is 317 Å². The van der Waals surface area contributed by atoms with Crippen molar-refractivity contribution in [2.75, 3.05) is 6.73 Å². The van der Waals surface area contributed by atoms with E-state index in [1.54, 1.807) is 52.1 Å². The quantitative estimate of drug-likeness (QED) is 0.104. The minimum absolute atomic E-state index is 0.173. The summed E-state index contributed by atoms with van der Waals surface area (Å²) in [6.07, 6.45) is 3.53. The van der Waals surface area contributed by atoms with E-state index in [0.717, 1.165) is 39.2 Å². The number of nitrogens with two attached hydrogens (primary N) is 1. The summed E-state index contributed by atoms with van der Waals surface area (Å²) < 4.78 is 9.55. The maximum atomic E-state index is 12.8. The molecule has 0 aliphatic heterocycles. The molecule has 8 aromatic rings. The van der Waals surface area contributed by atoms with E-state index < -0.39 is 0 Å². The van der Waals surface area contributed by atoms with Crippen LogP contribution in [0.1, 0.15) is 17.0 Å². The van der Waals surface area contributed by atoms with E-state index >= 15 is 0 Å². The number of nitriles is 1. The SMILES string of the molecule is Cn1ncc(-c2ccc3c(=O)[nH]nc(CN)c3c2)c1-c1ccc(OCNCc2n[nH]c(=O)c3ccc(-c4cnn(C)c4-c4ccc(Cl)cc4C#N)cc23)cc1. The molecule has 0 saturated carbocycles. The summed E-state index contributed by atoms with van der Waals surface area (Å²) >= 11 is 6.17. The van der Waals surface area contributed by atoms with Crippen molar-refractivity contribution in [3.8, 4) is 56.6 Å². The number of aryl methyl sites for hydroxylation is 2. The van der Waals surface area contributed by atoms with Gasteiger partial charge in [-0.1, -0.05) is 23.7 Å². The van der Waals surface area contributed by atoms with E-state index in [9.17, 15) is 14.9 Å². The van der Waals surface area contributed by atoms with Gasteiger partial charge in [-0.15, -0.1) is 0 Å². The summed E-state index contributed by atoms with van der Waals surface area (Å²) in [6, 6.07) is 26.2. The smallest absolute Gasteiger partial charge is 0.272 e. The molecule has 15 heteroatoms. The van der Waals surface area contributed by atoms with Crippen molar-refractivity contribution in [3.05, 3.63) is 134 Å². The normalized spacial score (nSPS) is 11.3. The lowest BCUT2D eigenvalue weighted by molar-refractivity contribution is 0.281. The molecule has 0 atom stereocenters. The van der Waals surface area contributed by atoms with Crippen molar-refractivity contribution in [1.82, 2.24) is 45.3 Å². The zero-order chi connectivity index (χ0) is 38.2. The fraction of sp³-hybridized carbons (Fsp3) is 0.125. The molecule has 0 amide bonds. The average molecular weight is 750 g/mol. The summed E-state index contributed by atoms with van der Waals surface area (Å²) in [7, 11) is 3.69. The number of rotatable bonds is 10. The fourth-order valence-corrected chi connectivity index (χ4v) is 7.02. The monoisotopic (exact) mass is 749 g/mol. The van der Waals surface area contributed by atoms with Gasteiger partial charge in [0, 0.05) is 65.2 Å². The number of hydrogen-bond donors (Lipinski definition) is 4. The summed E-state index contributed by atoms with van der Waals surface area (Å²) in [4.78, 5) is 25.1. The van der Waals surface area contributed by atoms with Crippen LogP contribution < -0.4 is 26.9 Å². The van der Waals surface area contributed by atoms with Crippen LogP contribution in [-0.2, 0) is 27.2 Å². The van der Waals surface area contributed by atoms with Crippen LogP contribution in [0.2, 0.25) is 5.02 Å². The van der Waals surface area contributed by atoms with Crippen molar-refractivity contribution >= 4 is 33.1 Å². The first-order valence-electron chi connectivity index (χ1n) is 17.2. The Morgan fingerprint density at radius 2 is 1.33 bits per heavy atom. The Morgan fingerprint density at radius 1 is 0.745 bits per heavy atom. The molecule has 4 aromatic heterocycles. The molecule has 0 unspecified atom stereocenters. The molecule has 4 heterocycles. The second kappa shape index (κ2) is 14.5. The van der Waals surface area contributed by atoms with Gasteiger partial charge in [-0.25, -0.2) is 10.2 Å². The molecule has 0 spiro atoms. The van der Waals surface area contributed by atoms with Crippen molar-refractivity contribution in [1.29, 1.82) is 5.26 Å². The molecule has 0 bridgehead atoms. The molecular weight excluding hydrogens is 718 g/mol. The Kier molecular flexibility index (Phi) is 9.25. The first-order chi connectivity index (χ1) is 26.7. The second-order valence-electron chi connectivity index (χ2n) is 12.8.